The number of rotatable bonds is 8. The van der Waals surface area contributed by atoms with Gasteiger partial charge in [0.2, 0.25) is 0 Å². The first-order chi connectivity index (χ1) is 10.7. The molecular weight excluding hydrogens is 282 g/mol. The molecule has 2 rings (SSSR count). The molecular formula is C19H28F2O. The van der Waals surface area contributed by atoms with E-state index in [-0.39, 0.29) is 0 Å². The third kappa shape index (κ3) is 5.26. The highest BCUT2D eigenvalue weighted by molar-refractivity contribution is 5.23. The number of hydrogen-bond acceptors (Lipinski definition) is 1. The van der Waals surface area contributed by atoms with E-state index in [9.17, 15) is 8.78 Å². The molecule has 0 aromatic heterocycles. The van der Waals surface area contributed by atoms with E-state index in [1.54, 1.807) is 0 Å². The van der Waals surface area contributed by atoms with E-state index in [0.717, 1.165) is 30.4 Å². The molecule has 0 saturated heterocycles. The number of ether oxygens (including phenoxy) is 1. The zero-order chi connectivity index (χ0) is 15.8. The van der Waals surface area contributed by atoms with Crippen LogP contribution in [-0.2, 0) is 0 Å². The molecule has 0 spiro atoms. The maximum atomic E-state index is 13.1. The Bertz CT molecular complexity index is 447. The lowest BCUT2D eigenvalue weighted by Gasteiger charge is -2.31. The smallest absolute Gasteiger partial charge is 0.162 e. The molecule has 3 heteroatoms. The SMILES string of the molecule is CCCCC1CCCCC1CCCOc1ccc(F)c(F)c1. The quantitative estimate of drug-likeness (QED) is 0.525. The Morgan fingerprint density at radius 2 is 1.68 bits per heavy atom. The van der Waals surface area contributed by atoms with E-state index in [4.69, 9.17) is 4.74 Å². The van der Waals surface area contributed by atoms with E-state index >= 15 is 0 Å². The van der Waals surface area contributed by atoms with Crippen LogP contribution in [0.3, 0.4) is 0 Å². The maximum absolute atomic E-state index is 13.1. The molecule has 1 aromatic carbocycles. The minimum absolute atomic E-state index is 0.421. The molecule has 2 unspecified atom stereocenters. The molecule has 0 aliphatic heterocycles. The van der Waals surface area contributed by atoms with E-state index < -0.39 is 11.6 Å². The van der Waals surface area contributed by atoms with Gasteiger partial charge in [-0.2, -0.15) is 0 Å². The minimum Gasteiger partial charge on any atom is -0.493 e. The fourth-order valence-corrected chi connectivity index (χ4v) is 3.61. The van der Waals surface area contributed by atoms with Gasteiger partial charge < -0.3 is 4.74 Å². The molecule has 1 aliphatic carbocycles. The third-order valence-electron chi connectivity index (χ3n) is 4.87. The second kappa shape index (κ2) is 9.12. The summed E-state index contributed by atoms with van der Waals surface area (Å²) in [6, 6.07) is 3.73. The summed E-state index contributed by atoms with van der Waals surface area (Å²) in [5, 5.41) is 0. The summed E-state index contributed by atoms with van der Waals surface area (Å²) < 4.78 is 31.5. The lowest BCUT2D eigenvalue weighted by atomic mass is 9.75. The van der Waals surface area contributed by atoms with Gasteiger partial charge in [-0.05, 0) is 36.8 Å². The van der Waals surface area contributed by atoms with Gasteiger partial charge in [-0.3, -0.25) is 0 Å². The van der Waals surface area contributed by atoms with Crippen LogP contribution in [-0.4, -0.2) is 6.61 Å². The van der Waals surface area contributed by atoms with Gasteiger partial charge in [0.25, 0.3) is 0 Å². The molecule has 1 saturated carbocycles. The third-order valence-corrected chi connectivity index (χ3v) is 4.87. The Hall–Kier alpha value is -1.12. The largest absolute Gasteiger partial charge is 0.493 e. The van der Waals surface area contributed by atoms with Crippen molar-refractivity contribution in [2.75, 3.05) is 6.61 Å². The summed E-state index contributed by atoms with van der Waals surface area (Å²) in [5.74, 6) is 0.466. The first-order valence-corrected chi connectivity index (χ1v) is 8.78. The van der Waals surface area contributed by atoms with Crippen LogP contribution in [0.5, 0.6) is 5.75 Å². The second-order valence-corrected chi connectivity index (χ2v) is 6.51. The molecule has 0 radical (unpaired) electrons. The van der Waals surface area contributed by atoms with Gasteiger partial charge in [-0.15, -0.1) is 0 Å². The monoisotopic (exact) mass is 310 g/mol. The van der Waals surface area contributed by atoms with Crippen molar-refractivity contribution in [1.82, 2.24) is 0 Å². The van der Waals surface area contributed by atoms with E-state index in [1.165, 1.54) is 57.4 Å². The van der Waals surface area contributed by atoms with Crippen molar-refractivity contribution in [3.8, 4) is 5.75 Å². The van der Waals surface area contributed by atoms with Crippen molar-refractivity contribution in [2.24, 2.45) is 11.8 Å². The van der Waals surface area contributed by atoms with Crippen molar-refractivity contribution < 1.29 is 13.5 Å². The summed E-state index contributed by atoms with van der Waals surface area (Å²) in [6.45, 7) is 2.84. The Morgan fingerprint density at radius 3 is 2.32 bits per heavy atom. The summed E-state index contributed by atoms with van der Waals surface area (Å²) in [4.78, 5) is 0. The highest BCUT2D eigenvalue weighted by Gasteiger charge is 2.23. The van der Waals surface area contributed by atoms with Gasteiger partial charge in [0.05, 0.1) is 6.61 Å². The Labute approximate surface area is 133 Å². The fourth-order valence-electron chi connectivity index (χ4n) is 3.61. The lowest BCUT2D eigenvalue weighted by molar-refractivity contribution is 0.191. The summed E-state index contributed by atoms with van der Waals surface area (Å²) in [6.07, 6.45) is 11.6. The zero-order valence-corrected chi connectivity index (χ0v) is 13.6. The number of hydrogen-bond donors (Lipinski definition) is 0. The van der Waals surface area contributed by atoms with Crippen LogP contribution in [0, 0.1) is 23.5 Å². The molecule has 1 nitrogen and oxygen atoms in total. The van der Waals surface area contributed by atoms with E-state index in [2.05, 4.69) is 6.92 Å². The average molecular weight is 310 g/mol. The second-order valence-electron chi connectivity index (χ2n) is 6.51. The van der Waals surface area contributed by atoms with Crippen LogP contribution in [0.2, 0.25) is 0 Å². The Balaban J connectivity index is 1.71. The predicted octanol–water partition coefficient (Wildman–Crippen LogP) is 6.12. The molecule has 22 heavy (non-hydrogen) atoms. The molecule has 0 amide bonds. The van der Waals surface area contributed by atoms with Gasteiger partial charge in [-0.25, -0.2) is 8.78 Å². The van der Waals surface area contributed by atoms with Gasteiger partial charge in [0.1, 0.15) is 5.75 Å². The molecule has 0 heterocycles. The van der Waals surface area contributed by atoms with Gasteiger partial charge in [-0.1, -0.05) is 51.9 Å². The first-order valence-electron chi connectivity index (χ1n) is 8.78. The zero-order valence-electron chi connectivity index (χ0n) is 13.6. The standard InChI is InChI=1S/C19H28F2O/c1-2-3-7-15-8-4-5-9-16(15)10-6-13-22-17-11-12-18(20)19(21)14-17/h11-12,14-16H,2-10,13H2,1H3. The molecule has 0 bridgehead atoms. The van der Waals surface area contributed by atoms with Crippen molar-refractivity contribution in [3.05, 3.63) is 29.8 Å². The van der Waals surface area contributed by atoms with Crippen LogP contribution < -0.4 is 4.74 Å². The molecule has 1 aromatic rings. The summed E-state index contributed by atoms with van der Waals surface area (Å²) >= 11 is 0. The molecule has 124 valence electrons. The number of halogens is 2. The normalized spacial score (nSPS) is 21.8. The van der Waals surface area contributed by atoms with Crippen LogP contribution >= 0.6 is 0 Å². The van der Waals surface area contributed by atoms with Gasteiger partial charge in [0, 0.05) is 6.07 Å². The van der Waals surface area contributed by atoms with Crippen LogP contribution in [0.4, 0.5) is 8.78 Å². The maximum Gasteiger partial charge on any atom is 0.162 e. The van der Waals surface area contributed by atoms with Crippen molar-refractivity contribution >= 4 is 0 Å². The predicted molar refractivity (Wildman–Crippen MR) is 86.1 cm³/mol. The number of unbranched alkanes of at least 4 members (excludes halogenated alkanes) is 1. The Morgan fingerprint density at radius 1 is 1.00 bits per heavy atom. The summed E-state index contributed by atoms with van der Waals surface area (Å²) in [7, 11) is 0. The van der Waals surface area contributed by atoms with Crippen LogP contribution in [0.25, 0.3) is 0 Å². The average Bonchev–Trinajstić information content (AvgIpc) is 2.53. The number of benzene rings is 1. The van der Waals surface area contributed by atoms with Crippen molar-refractivity contribution in [2.45, 2.75) is 64.7 Å². The topological polar surface area (TPSA) is 9.23 Å². The van der Waals surface area contributed by atoms with Crippen molar-refractivity contribution in [3.63, 3.8) is 0 Å². The highest BCUT2D eigenvalue weighted by Crippen LogP contribution is 2.36. The lowest BCUT2D eigenvalue weighted by Crippen LogP contribution is -2.20. The first kappa shape index (κ1) is 17.2. The molecule has 1 aliphatic rings. The summed E-state index contributed by atoms with van der Waals surface area (Å²) in [5.41, 5.74) is 0. The molecule has 0 N–H and O–H groups in total. The molecule has 2 atom stereocenters. The fraction of sp³-hybridized carbons (Fsp3) is 0.684. The van der Waals surface area contributed by atoms with Crippen molar-refractivity contribution in [1.29, 1.82) is 0 Å². The van der Waals surface area contributed by atoms with Gasteiger partial charge in [0.15, 0.2) is 11.6 Å². The molecule has 1 fully saturated rings. The highest BCUT2D eigenvalue weighted by atomic mass is 19.2. The van der Waals surface area contributed by atoms with E-state index in [0.29, 0.717) is 12.4 Å². The van der Waals surface area contributed by atoms with E-state index in [1.807, 2.05) is 0 Å². The Kier molecular flexibility index (Phi) is 7.14. The minimum atomic E-state index is -0.843. The van der Waals surface area contributed by atoms with Crippen LogP contribution in [0.1, 0.15) is 64.7 Å². The van der Waals surface area contributed by atoms with Crippen LogP contribution in [0.15, 0.2) is 18.2 Å². The van der Waals surface area contributed by atoms with Gasteiger partial charge >= 0.3 is 0 Å².